The van der Waals surface area contributed by atoms with Crippen molar-refractivity contribution in [2.45, 2.75) is 13.8 Å². The molecule has 0 aliphatic rings. The minimum absolute atomic E-state index is 0. The molecule has 3 heteroatoms. The fraction of sp³-hybridized carbons (Fsp3) is 0.133. The van der Waals surface area contributed by atoms with E-state index in [9.17, 15) is 4.79 Å². The zero-order valence-corrected chi connectivity index (χ0v) is 11.9. The summed E-state index contributed by atoms with van der Waals surface area (Å²) < 4.78 is 0. The van der Waals surface area contributed by atoms with Crippen molar-refractivity contribution in [3.8, 4) is 0 Å². The maximum atomic E-state index is 12.2. The molecule has 0 saturated carbocycles. The fourth-order valence-corrected chi connectivity index (χ4v) is 2.85. The molecule has 0 unspecified atom stereocenters. The number of hydrogen-bond acceptors (Lipinski definition) is 1. The van der Waals surface area contributed by atoms with Gasteiger partial charge in [-0.25, -0.2) is 0 Å². The van der Waals surface area contributed by atoms with Crippen LogP contribution in [0.3, 0.4) is 0 Å². The van der Waals surface area contributed by atoms with Gasteiger partial charge in [0.05, 0.1) is 0 Å². The van der Waals surface area contributed by atoms with E-state index in [4.69, 9.17) is 0 Å². The van der Waals surface area contributed by atoms with Gasteiger partial charge in [0.25, 0.3) is 0 Å². The fourth-order valence-electron chi connectivity index (χ4n) is 1.83. The molecule has 0 bridgehead atoms. The number of aryl methyl sites for hydroxylation is 2. The first kappa shape index (κ1) is 15.2. The summed E-state index contributed by atoms with van der Waals surface area (Å²) in [6.45, 7) is 3.97. The number of carbonyl (C=O) groups excluding carboxylic acids is 1. The van der Waals surface area contributed by atoms with Crippen molar-refractivity contribution >= 4 is 19.4 Å². The minimum atomic E-state index is 0. The summed E-state index contributed by atoms with van der Waals surface area (Å²) in [4.78, 5) is 12.2. The van der Waals surface area contributed by atoms with Crippen LogP contribution >= 0.6 is 8.58 Å². The smallest absolute Gasteiger partial charge is 0.426 e. The van der Waals surface area contributed by atoms with Crippen LogP contribution in [0.2, 0.25) is 0 Å². The van der Waals surface area contributed by atoms with Crippen LogP contribution in [0.15, 0.2) is 48.5 Å². The third-order valence-electron chi connectivity index (χ3n) is 2.68. The van der Waals surface area contributed by atoms with E-state index in [0.717, 1.165) is 30.6 Å². The number of carbonyl (C=O) groups is 1. The summed E-state index contributed by atoms with van der Waals surface area (Å²) in [6, 6.07) is 15.8. The molecule has 0 fully saturated rings. The molecule has 2 aromatic carbocycles. The summed E-state index contributed by atoms with van der Waals surface area (Å²) >= 11 is 0. The molecular formula is C15H14LiOP. The first-order valence-electron chi connectivity index (χ1n) is 5.56. The van der Waals surface area contributed by atoms with Gasteiger partial charge >= 0.3 is 18.9 Å². The summed E-state index contributed by atoms with van der Waals surface area (Å²) in [6.07, 6.45) is 0. The molecule has 0 saturated heterocycles. The van der Waals surface area contributed by atoms with Crippen LogP contribution in [0.4, 0.5) is 0 Å². The largest absolute Gasteiger partial charge is 1.00 e. The van der Waals surface area contributed by atoms with Crippen LogP contribution in [0.5, 0.6) is 0 Å². The predicted octanol–water partition coefficient (Wildman–Crippen LogP) is 0.719. The van der Waals surface area contributed by atoms with Crippen LogP contribution in [-0.4, -0.2) is 5.52 Å². The molecule has 0 aliphatic heterocycles. The van der Waals surface area contributed by atoms with Crippen molar-refractivity contribution in [1.29, 1.82) is 0 Å². The van der Waals surface area contributed by atoms with E-state index in [2.05, 4.69) is 0 Å². The third kappa shape index (κ3) is 3.56. The van der Waals surface area contributed by atoms with Gasteiger partial charge in [0.1, 0.15) is 0 Å². The van der Waals surface area contributed by atoms with Crippen LogP contribution in [-0.2, 0) is 0 Å². The molecule has 0 radical (unpaired) electrons. The molecule has 0 heterocycles. The summed E-state index contributed by atoms with van der Waals surface area (Å²) in [7, 11) is 0.748. The number of rotatable bonds is 3. The Labute approximate surface area is 122 Å². The second-order valence-corrected chi connectivity index (χ2v) is 5.17. The molecule has 2 rings (SSSR count). The number of benzene rings is 2. The third-order valence-corrected chi connectivity index (χ3v) is 3.66. The van der Waals surface area contributed by atoms with Crippen molar-refractivity contribution in [3.05, 3.63) is 65.2 Å². The second kappa shape index (κ2) is 6.91. The maximum Gasteiger partial charge on any atom is 1.00 e. The maximum absolute atomic E-state index is 12.2. The Balaban J connectivity index is 0.00000162. The van der Waals surface area contributed by atoms with E-state index in [1.54, 1.807) is 0 Å². The Morgan fingerprint density at radius 1 is 0.889 bits per heavy atom. The zero-order valence-electron chi connectivity index (χ0n) is 11.0. The normalized spacial score (nSPS) is 10.3. The van der Waals surface area contributed by atoms with Crippen molar-refractivity contribution in [2.75, 3.05) is 0 Å². The molecule has 1 nitrogen and oxygen atoms in total. The van der Waals surface area contributed by atoms with Gasteiger partial charge in [-0.15, -0.1) is 0 Å². The molecule has 2 aromatic rings. The Morgan fingerprint density at radius 2 is 1.44 bits per heavy atom. The predicted molar refractivity (Wildman–Crippen MR) is 73.2 cm³/mol. The van der Waals surface area contributed by atoms with Crippen molar-refractivity contribution in [3.63, 3.8) is 0 Å². The van der Waals surface area contributed by atoms with Gasteiger partial charge in [0.2, 0.25) is 0 Å². The number of hydrogen-bond donors (Lipinski definition) is 0. The van der Waals surface area contributed by atoms with Gasteiger partial charge in [-0.3, -0.25) is 0 Å². The Morgan fingerprint density at radius 3 is 2.00 bits per heavy atom. The molecule has 86 valence electrons. The molecule has 0 N–H and O–H groups in total. The molecule has 0 aromatic heterocycles. The second-order valence-electron chi connectivity index (χ2n) is 4.02. The molecular weight excluding hydrogens is 234 g/mol. The molecule has 0 spiro atoms. The van der Waals surface area contributed by atoms with Crippen molar-refractivity contribution in [1.82, 2.24) is 0 Å². The Hall–Kier alpha value is -0.863. The average molecular weight is 248 g/mol. The van der Waals surface area contributed by atoms with Crippen LogP contribution in [0.1, 0.15) is 21.5 Å². The van der Waals surface area contributed by atoms with Gasteiger partial charge in [-0.1, -0.05) is 48.5 Å². The van der Waals surface area contributed by atoms with Gasteiger partial charge in [-0.05, 0) is 30.5 Å². The average Bonchev–Trinajstić information content (AvgIpc) is 2.30. The quantitative estimate of drug-likeness (QED) is 0.578. The molecule has 0 atom stereocenters. The van der Waals surface area contributed by atoms with E-state index >= 15 is 0 Å². The zero-order chi connectivity index (χ0) is 12.3. The van der Waals surface area contributed by atoms with Crippen LogP contribution in [0, 0.1) is 13.8 Å². The van der Waals surface area contributed by atoms with Gasteiger partial charge in [-0.2, -0.15) is 5.30 Å². The van der Waals surface area contributed by atoms with Crippen molar-refractivity contribution < 1.29 is 23.7 Å². The van der Waals surface area contributed by atoms with Gasteiger partial charge < -0.3 is 13.4 Å². The van der Waals surface area contributed by atoms with E-state index in [1.165, 1.54) is 0 Å². The molecule has 18 heavy (non-hydrogen) atoms. The van der Waals surface area contributed by atoms with E-state index in [1.807, 2.05) is 62.4 Å². The Bertz CT molecular complexity index is 517. The van der Waals surface area contributed by atoms with Gasteiger partial charge in [0.15, 0.2) is 0 Å². The SMILES string of the molecule is Cc1cccc(C)c1C(=O)[P-]c1ccccc1.[Li+]. The summed E-state index contributed by atoms with van der Waals surface area (Å²) in [5.41, 5.74) is 3.14. The van der Waals surface area contributed by atoms with Crippen LogP contribution < -0.4 is 24.2 Å². The molecule has 0 amide bonds. The van der Waals surface area contributed by atoms with Gasteiger partial charge in [0, 0.05) is 5.52 Å². The van der Waals surface area contributed by atoms with E-state index in [0.29, 0.717) is 0 Å². The first-order chi connectivity index (χ1) is 8.18. The van der Waals surface area contributed by atoms with Crippen LogP contribution in [0.25, 0.3) is 0 Å². The standard InChI is InChI=1S/C15H14OP.Li/c1-11-7-6-8-12(2)14(11)15(16)17-13-9-4-3-5-10-13;/h3-10H,1-2H3;/q-1;+1. The molecule has 0 aliphatic carbocycles. The summed E-state index contributed by atoms with van der Waals surface area (Å²) in [5.74, 6) is 0. The Kier molecular flexibility index (Phi) is 5.83. The van der Waals surface area contributed by atoms with E-state index in [-0.39, 0.29) is 24.4 Å². The minimum Gasteiger partial charge on any atom is -0.426 e. The van der Waals surface area contributed by atoms with E-state index < -0.39 is 0 Å². The monoisotopic (exact) mass is 248 g/mol. The first-order valence-corrected chi connectivity index (χ1v) is 6.45. The topological polar surface area (TPSA) is 17.1 Å². The van der Waals surface area contributed by atoms with Crippen molar-refractivity contribution in [2.24, 2.45) is 0 Å². The summed E-state index contributed by atoms with van der Waals surface area (Å²) in [5, 5.41) is 1.04.